The number of hydrogen-bond acceptors (Lipinski definition) is 1. The maximum absolute atomic E-state index is 3.19. The summed E-state index contributed by atoms with van der Waals surface area (Å²) in [6.07, 6.45) is 3.25. The molecule has 0 aliphatic rings. The van der Waals surface area contributed by atoms with E-state index in [4.69, 9.17) is 0 Å². The Morgan fingerprint density at radius 2 is 1.76 bits per heavy atom. The minimum Gasteiger partial charge on any atom is -0.346 e. The first-order valence-electron chi connectivity index (χ1n) is 6.20. The van der Waals surface area contributed by atoms with Crippen LogP contribution < -0.4 is 5.32 Å². The molecule has 2 aromatic rings. The van der Waals surface area contributed by atoms with Crippen LogP contribution >= 0.6 is 0 Å². The van der Waals surface area contributed by atoms with E-state index in [2.05, 4.69) is 59.4 Å². The van der Waals surface area contributed by atoms with Crippen molar-refractivity contribution in [2.24, 2.45) is 0 Å². The van der Waals surface area contributed by atoms with Crippen LogP contribution in [0.2, 0.25) is 0 Å². The summed E-state index contributed by atoms with van der Waals surface area (Å²) >= 11 is 0. The molecule has 1 aromatic carbocycles. The number of benzene rings is 1. The van der Waals surface area contributed by atoms with Crippen molar-refractivity contribution in [1.82, 2.24) is 9.88 Å². The fourth-order valence-corrected chi connectivity index (χ4v) is 2.02. The predicted octanol–water partition coefficient (Wildman–Crippen LogP) is 2.82. The summed E-state index contributed by atoms with van der Waals surface area (Å²) < 4.78 is 2.29. The van der Waals surface area contributed by atoms with Gasteiger partial charge in [0.2, 0.25) is 0 Å². The van der Waals surface area contributed by atoms with Crippen molar-refractivity contribution in [2.45, 2.75) is 26.4 Å². The number of aromatic nitrogens is 1. The maximum atomic E-state index is 3.19. The third-order valence-corrected chi connectivity index (χ3v) is 3.07. The van der Waals surface area contributed by atoms with E-state index in [-0.39, 0.29) is 0 Å². The minimum atomic E-state index is 0.917. The van der Waals surface area contributed by atoms with Crippen molar-refractivity contribution in [3.8, 4) is 0 Å². The Bertz CT molecular complexity index is 454. The lowest BCUT2D eigenvalue weighted by Gasteiger charge is -2.09. The van der Waals surface area contributed by atoms with Crippen molar-refractivity contribution in [2.75, 3.05) is 7.05 Å². The van der Waals surface area contributed by atoms with Gasteiger partial charge in [-0.1, -0.05) is 31.2 Å². The SMILES string of the molecule is CCc1ccc(Cn2cccc2CNC)cc1. The van der Waals surface area contributed by atoms with Gasteiger partial charge in [0.25, 0.3) is 0 Å². The molecule has 0 saturated heterocycles. The molecule has 0 bridgehead atoms. The van der Waals surface area contributed by atoms with Crippen molar-refractivity contribution >= 4 is 0 Å². The van der Waals surface area contributed by atoms with E-state index in [9.17, 15) is 0 Å². The van der Waals surface area contributed by atoms with Crippen LogP contribution in [-0.4, -0.2) is 11.6 Å². The highest BCUT2D eigenvalue weighted by Gasteiger charge is 2.00. The number of aryl methyl sites for hydroxylation is 1. The second-order valence-electron chi connectivity index (χ2n) is 4.33. The molecule has 0 fully saturated rings. The highest BCUT2D eigenvalue weighted by atomic mass is 15.0. The molecule has 0 atom stereocenters. The van der Waals surface area contributed by atoms with Gasteiger partial charge in [0, 0.05) is 25.0 Å². The molecule has 2 nitrogen and oxygen atoms in total. The Hall–Kier alpha value is -1.54. The monoisotopic (exact) mass is 228 g/mol. The van der Waals surface area contributed by atoms with Crippen molar-refractivity contribution in [3.63, 3.8) is 0 Å². The number of nitrogens with zero attached hydrogens (tertiary/aromatic N) is 1. The number of hydrogen-bond donors (Lipinski definition) is 1. The van der Waals surface area contributed by atoms with Crippen LogP contribution in [0.15, 0.2) is 42.6 Å². The molecule has 1 heterocycles. The summed E-state index contributed by atoms with van der Waals surface area (Å²) in [5.74, 6) is 0. The van der Waals surface area contributed by atoms with Gasteiger partial charge >= 0.3 is 0 Å². The Morgan fingerprint density at radius 1 is 1.06 bits per heavy atom. The molecule has 0 saturated carbocycles. The lowest BCUT2D eigenvalue weighted by atomic mass is 10.1. The largest absolute Gasteiger partial charge is 0.346 e. The molecule has 0 aliphatic carbocycles. The number of nitrogens with one attached hydrogen (secondary N) is 1. The second kappa shape index (κ2) is 5.69. The van der Waals surface area contributed by atoms with E-state index in [1.165, 1.54) is 16.8 Å². The van der Waals surface area contributed by atoms with Crippen LogP contribution in [0, 0.1) is 0 Å². The van der Waals surface area contributed by atoms with Gasteiger partial charge in [-0.2, -0.15) is 0 Å². The molecule has 0 radical (unpaired) electrons. The van der Waals surface area contributed by atoms with E-state index in [0.717, 1.165) is 19.5 Å². The average molecular weight is 228 g/mol. The first kappa shape index (κ1) is 11.9. The highest BCUT2D eigenvalue weighted by Crippen LogP contribution is 2.10. The first-order chi connectivity index (χ1) is 8.33. The summed E-state index contributed by atoms with van der Waals surface area (Å²) in [6.45, 7) is 4.06. The summed E-state index contributed by atoms with van der Waals surface area (Å²) in [4.78, 5) is 0. The van der Waals surface area contributed by atoms with Crippen molar-refractivity contribution in [3.05, 3.63) is 59.4 Å². The standard InChI is InChI=1S/C15H20N2/c1-3-13-6-8-14(9-7-13)12-17-10-4-5-15(17)11-16-2/h4-10,16H,3,11-12H2,1-2H3. The van der Waals surface area contributed by atoms with E-state index < -0.39 is 0 Å². The summed E-state index contributed by atoms with van der Waals surface area (Å²) in [5, 5.41) is 3.19. The Labute approximate surface area is 103 Å². The third-order valence-electron chi connectivity index (χ3n) is 3.07. The van der Waals surface area contributed by atoms with Gasteiger partial charge in [-0.15, -0.1) is 0 Å². The Balaban J connectivity index is 2.10. The predicted molar refractivity (Wildman–Crippen MR) is 72.1 cm³/mol. The molecule has 90 valence electrons. The summed E-state index contributed by atoms with van der Waals surface area (Å²) in [5.41, 5.74) is 4.08. The first-order valence-corrected chi connectivity index (χ1v) is 6.20. The Kier molecular flexibility index (Phi) is 3.99. The quantitative estimate of drug-likeness (QED) is 0.832. The highest BCUT2D eigenvalue weighted by molar-refractivity contribution is 5.23. The zero-order chi connectivity index (χ0) is 12.1. The molecule has 17 heavy (non-hydrogen) atoms. The fourth-order valence-electron chi connectivity index (χ4n) is 2.02. The van der Waals surface area contributed by atoms with Gasteiger partial charge in [-0.05, 0) is 36.7 Å². The summed E-state index contributed by atoms with van der Waals surface area (Å²) in [6, 6.07) is 13.2. The molecular formula is C15H20N2. The second-order valence-corrected chi connectivity index (χ2v) is 4.33. The van der Waals surface area contributed by atoms with Gasteiger partial charge < -0.3 is 9.88 Å². The average Bonchev–Trinajstić information content (AvgIpc) is 2.78. The van der Waals surface area contributed by atoms with Crippen LogP contribution in [0.4, 0.5) is 0 Å². The van der Waals surface area contributed by atoms with Crippen molar-refractivity contribution < 1.29 is 0 Å². The lowest BCUT2D eigenvalue weighted by Crippen LogP contribution is -2.11. The maximum Gasteiger partial charge on any atom is 0.0473 e. The van der Waals surface area contributed by atoms with Gasteiger partial charge in [0.15, 0.2) is 0 Å². The molecule has 1 aromatic heterocycles. The van der Waals surface area contributed by atoms with Crippen LogP contribution in [0.1, 0.15) is 23.7 Å². The minimum absolute atomic E-state index is 0.917. The van der Waals surface area contributed by atoms with E-state index in [1.54, 1.807) is 0 Å². The van der Waals surface area contributed by atoms with E-state index in [1.807, 2.05) is 7.05 Å². The summed E-state index contributed by atoms with van der Waals surface area (Å²) in [7, 11) is 1.98. The molecule has 0 spiro atoms. The zero-order valence-electron chi connectivity index (χ0n) is 10.6. The van der Waals surface area contributed by atoms with E-state index >= 15 is 0 Å². The fraction of sp³-hybridized carbons (Fsp3) is 0.333. The third kappa shape index (κ3) is 2.98. The van der Waals surface area contributed by atoms with Crippen LogP contribution in [0.5, 0.6) is 0 Å². The van der Waals surface area contributed by atoms with Gasteiger partial charge in [0.05, 0.1) is 0 Å². The van der Waals surface area contributed by atoms with Crippen LogP contribution in [0.25, 0.3) is 0 Å². The van der Waals surface area contributed by atoms with Gasteiger partial charge in [-0.3, -0.25) is 0 Å². The molecular weight excluding hydrogens is 208 g/mol. The number of rotatable bonds is 5. The van der Waals surface area contributed by atoms with Crippen LogP contribution in [0.3, 0.4) is 0 Å². The van der Waals surface area contributed by atoms with Crippen molar-refractivity contribution in [1.29, 1.82) is 0 Å². The molecule has 2 heteroatoms. The Morgan fingerprint density at radius 3 is 2.41 bits per heavy atom. The lowest BCUT2D eigenvalue weighted by molar-refractivity contribution is 0.694. The molecule has 0 amide bonds. The van der Waals surface area contributed by atoms with Crippen LogP contribution in [-0.2, 0) is 19.5 Å². The molecule has 1 N–H and O–H groups in total. The zero-order valence-corrected chi connectivity index (χ0v) is 10.6. The molecule has 0 unspecified atom stereocenters. The molecule has 2 rings (SSSR count). The van der Waals surface area contributed by atoms with Gasteiger partial charge in [-0.25, -0.2) is 0 Å². The van der Waals surface area contributed by atoms with E-state index in [0.29, 0.717) is 0 Å². The smallest absolute Gasteiger partial charge is 0.0473 e. The normalized spacial score (nSPS) is 10.7. The topological polar surface area (TPSA) is 17.0 Å². The van der Waals surface area contributed by atoms with Gasteiger partial charge in [0.1, 0.15) is 0 Å². The molecule has 0 aliphatic heterocycles.